The van der Waals surface area contributed by atoms with E-state index in [1.54, 1.807) is 0 Å². The Kier molecular flexibility index (Phi) is 2.47. The molecule has 0 spiro atoms. The Morgan fingerprint density at radius 3 is 2.10 bits per heavy atom. The largest absolute Gasteiger partial charge is 0.310 e. The molecule has 0 amide bonds. The highest BCUT2D eigenvalue weighted by Crippen LogP contribution is 2.28. The Balaban J connectivity index is 2.33. The second kappa shape index (κ2) is 3.18. The van der Waals surface area contributed by atoms with Crippen LogP contribution in [0.1, 0.15) is 39.5 Å². The van der Waals surface area contributed by atoms with Crippen LogP contribution in [0, 0.1) is 17.2 Å². The highest BCUT2D eigenvalue weighted by molar-refractivity contribution is 5.81. The molecule has 0 heterocycles. The zero-order chi connectivity index (χ0) is 7.56. The third-order valence-electron chi connectivity index (χ3n) is 2.63. The average Bonchev–Trinajstić information content (AvgIpc) is 1.88. The summed E-state index contributed by atoms with van der Waals surface area (Å²) in [4.78, 5) is 0. The lowest BCUT2D eigenvalue weighted by atomic mass is 9.81. The summed E-state index contributed by atoms with van der Waals surface area (Å²) < 4.78 is 0. The van der Waals surface area contributed by atoms with Crippen LogP contribution in [-0.2, 0) is 0 Å². The van der Waals surface area contributed by atoms with E-state index in [0.717, 1.165) is 11.6 Å². The van der Waals surface area contributed by atoms with Crippen molar-refractivity contribution in [3.05, 3.63) is 0 Å². The van der Waals surface area contributed by atoms with Gasteiger partial charge in [0.05, 0.1) is 0 Å². The van der Waals surface area contributed by atoms with Crippen molar-refractivity contribution in [2.75, 3.05) is 0 Å². The van der Waals surface area contributed by atoms with Crippen molar-refractivity contribution in [2.45, 2.75) is 39.5 Å². The smallest absolute Gasteiger partial charge is 0.00891 e. The van der Waals surface area contributed by atoms with E-state index in [2.05, 4.69) is 6.92 Å². The lowest BCUT2D eigenvalue weighted by molar-refractivity contribution is 0.342. The van der Waals surface area contributed by atoms with E-state index in [0.29, 0.717) is 5.92 Å². The van der Waals surface area contributed by atoms with Gasteiger partial charge >= 0.3 is 0 Å². The first kappa shape index (κ1) is 7.77. The van der Waals surface area contributed by atoms with Gasteiger partial charge in [0.1, 0.15) is 0 Å². The quantitative estimate of drug-likeness (QED) is 0.540. The average molecular weight is 139 g/mol. The van der Waals surface area contributed by atoms with Crippen LogP contribution in [0.15, 0.2) is 0 Å². The Bertz CT molecular complexity index is 121. The highest BCUT2D eigenvalue weighted by atomic mass is 14.4. The maximum Gasteiger partial charge on any atom is 0.00891 e. The van der Waals surface area contributed by atoms with Crippen molar-refractivity contribution in [3.63, 3.8) is 0 Å². The Morgan fingerprint density at radius 1 is 1.20 bits per heavy atom. The molecule has 0 radical (unpaired) electrons. The van der Waals surface area contributed by atoms with E-state index in [4.69, 9.17) is 5.41 Å². The molecule has 1 fully saturated rings. The number of nitrogens with one attached hydrogen (secondary N) is 1. The molecule has 10 heavy (non-hydrogen) atoms. The molecule has 58 valence electrons. The molecule has 1 nitrogen and oxygen atoms in total. The van der Waals surface area contributed by atoms with Gasteiger partial charge in [0.15, 0.2) is 0 Å². The number of hydrogen-bond acceptors (Lipinski definition) is 1. The summed E-state index contributed by atoms with van der Waals surface area (Å²) in [6.45, 7) is 4.26. The highest BCUT2D eigenvalue weighted by Gasteiger charge is 2.18. The van der Waals surface area contributed by atoms with Crippen LogP contribution < -0.4 is 0 Å². The van der Waals surface area contributed by atoms with Gasteiger partial charge in [0.2, 0.25) is 0 Å². The Morgan fingerprint density at radius 2 is 1.70 bits per heavy atom. The fourth-order valence-corrected chi connectivity index (χ4v) is 1.69. The summed E-state index contributed by atoms with van der Waals surface area (Å²) in [6.07, 6.45) is 5.19. The minimum Gasteiger partial charge on any atom is -0.310 e. The lowest BCUT2D eigenvalue weighted by Crippen LogP contribution is -2.17. The van der Waals surface area contributed by atoms with Gasteiger partial charge < -0.3 is 5.41 Å². The minimum atomic E-state index is 0.621. The van der Waals surface area contributed by atoms with Gasteiger partial charge in [0, 0.05) is 5.71 Å². The van der Waals surface area contributed by atoms with Gasteiger partial charge in [-0.3, -0.25) is 0 Å². The molecular weight excluding hydrogens is 122 g/mol. The number of rotatable bonds is 1. The van der Waals surface area contributed by atoms with Crippen LogP contribution in [0.25, 0.3) is 0 Å². The maximum absolute atomic E-state index is 7.45. The molecule has 0 bridgehead atoms. The summed E-state index contributed by atoms with van der Waals surface area (Å²) in [7, 11) is 0. The predicted molar refractivity (Wildman–Crippen MR) is 44.5 cm³/mol. The molecule has 1 aliphatic rings. The van der Waals surface area contributed by atoms with Crippen molar-refractivity contribution in [2.24, 2.45) is 11.8 Å². The first-order valence-corrected chi connectivity index (χ1v) is 4.25. The zero-order valence-corrected chi connectivity index (χ0v) is 6.98. The van der Waals surface area contributed by atoms with Gasteiger partial charge in [-0.15, -0.1) is 0 Å². The van der Waals surface area contributed by atoms with Crippen molar-refractivity contribution < 1.29 is 0 Å². The summed E-state index contributed by atoms with van der Waals surface area (Å²) in [6, 6.07) is 0. The summed E-state index contributed by atoms with van der Waals surface area (Å²) in [5.41, 5.74) is 0.895. The first-order valence-electron chi connectivity index (χ1n) is 4.25. The van der Waals surface area contributed by atoms with Crippen LogP contribution >= 0.6 is 0 Å². The normalized spacial score (nSPS) is 33.8. The Hall–Kier alpha value is -0.330. The molecule has 0 unspecified atom stereocenters. The van der Waals surface area contributed by atoms with Crippen LogP contribution in [0.3, 0.4) is 0 Å². The summed E-state index contributed by atoms with van der Waals surface area (Å²) in [5.74, 6) is 1.53. The monoisotopic (exact) mass is 139 g/mol. The minimum absolute atomic E-state index is 0.621. The molecule has 1 heteroatoms. The maximum atomic E-state index is 7.45. The molecule has 0 aliphatic heterocycles. The lowest BCUT2D eigenvalue weighted by Gasteiger charge is -2.25. The van der Waals surface area contributed by atoms with Gasteiger partial charge in [-0.1, -0.05) is 19.8 Å². The third-order valence-corrected chi connectivity index (χ3v) is 2.63. The molecule has 1 aliphatic carbocycles. The second-order valence-corrected chi connectivity index (χ2v) is 3.64. The van der Waals surface area contributed by atoms with E-state index in [1.165, 1.54) is 25.7 Å². The van der Waals surface area contributed by atoms with E-state index in [9.17, 15) is 0 Å². The SMILES string of the molecule is CC(=N)C1CCC(C)CC1. The molecule has 1 saturated carbocycles. The van der Waals surface area contributed by atoms with E-state index in [-0.39, 0.29) is 0 Å². The van der Waals surface area contributed by atoms with Crippen LogP contribution in [-0.4, -0.2) is 5.71 Å². The Labute approximate surface area is 63.3 Å². The zero-order valence-electron chi connectivity index (χ0n) is 6.98. The van der Waals surface area contributed by atoms with Gasteiger partial charge in [-0.2, -0.15) is 0 Å². The first-order chi connectivity index (χ1) is 4.70. The predicted octanol–water partition coefficient (Wildman–Crippen LogP) is 2.85. The molecule has 0 atom stereocenters. The molecule has 1 N–H and O–H groups in total. The van der Waals surface area contributed by atoms with E-state index >= 15 is 0 Å². The van der Waals surface area contributed by atoms with Crippen molar-refractivity contribution in [1.29, 1.82) is 5.41 Å². The van der Waals surface area contributed by atoms with Crippen molar-refractivity contribution in [1.82, 2.24) is 0 Å². The van der Waals surface area contributed by atoms with Gasteiger partial charge in [-0.25, -0.2) is 0 Å². The van der Waals surface area contributed by atoms with Gasteiger partial charge in [0.25, 0.3) is 0 Å². The molecule has 0 aromatic rings. The third kappa shape index (κ3) is 1.83. The summed E-state index contributed by atoms with van der Waals surface area (Å²) >= 11 is 0. The van der Waals surface area contributed by atoms with Gasteiger partial charge in [-0.05, 0) is 31.6 Å². The fourth-order valence-electron chi connectivity index (χ4n) is 1.69. The summed E-state index contributed by atoms with van der Waals surface area (Å²) in [5, 5.41) is 7.45. The standard InChI is InChI=1S/C9H17N/c1-7-3-5-9(6-4-7)8(2)10/h7,9-10H,3-6H2,1-2H3. The van der Waals surface area contributed by atoms with Crippen LogP contribution in [0.5, 0.6) is 0 Å². The van der Waals surface area contributed by atoms with Crippen molar-refractivity contribution >= 4 is 5.71 Å². The molecule has 0 aromatic carbocycles. The fraction of sp³-hybridized carbons (Fsp3) is 0.889. The van der Waals surface area contributed by atoms with Crippen LogP contribution in [0.2, 0.25) is 0 Å². The second-order valence-electron chi connectivity index (χ2n) is 3.64. The topological polar surface area (TPSA) is 23.9 Å². The van der Waals surface area contributed by atoms with Crippen LogP contribution in [0.4, 0.5) is 0 Å². The molecular formula is C9H17N. The van der Waals surface area contributed by atoms with Crippen molar-refractivity contribution in [3.8, 4) is 0 Å². The van der Waals surface area contributed by atoms with E-state index < -0.39 is 0 Å². The number of hydrogen-bond donors (Lipinski definition) is 1. The molecule has 0 saturated heterocycles. The molecule has 0 aromatic heterocycles. The van der Waals surface area contributed by atoms with E-state index in [1.807, 2.05) is 6.92 Å². The molecule has 1 rings (SSSR count).